The molecule has 0 aliphatic carbocycles. The second-order valence-electron chi connectivity index (χ2n) is 3.36. The van der Waals surface area contributed by atoms with Crippen LogP contribution in [0.15, 0.2) is 18.2 Å². The van der Waals surface area contributed by atoms with Crippen molar-refractivity contribution in [2.45, 2.75) is 6.92 Å². The van der Waals surface area contributed by atoms with E-state index in [0.29, 0.717) is 0 Å². The molecule has 0 aliphatic heterocycles. The van der Waals surface area contributed by atoms with Crippen LogP contribution >= 0.6 is 0 Å². The number of carbonyl (C=O) groups is 1. The van der Waals surface area contributed by atoms with Crippen molar-refractivity contribution >= 4 is 17.3 Å². The van der Waals surface area contributed by atoms with Gasteiger partial charge in [0, 0.05) is 6.07 Å². The number of anilines is 1. The number of nitrogens with zero attached hydrogens (tertiary/aromatic N) is 1. The summed E-state index contributed by atoms with van der Waals surface area (Å²) in [6.07, 6.45) is 0. The molecular weight excluding hydrogens is 210 g/mol. The monoisotopic (exact) mass is 223 g/mol. The minimum absolute atomic E-state index is 0.0931. The van der Waals surface area contributed by atoms with Crippen molar-refractivity contribution < 1.29 is 9.72 Å². The van der Waals surface area contributed by atoms with Crippen LogP contribution in [0, 0.1) is 17.0 Å². The molecule has 0 aromatic heterocycles. The van der Waals surface area contributed by atoms with Gasteiger partial charge in [0.15, 0.2) is 0 Å². The summed E-state index contributed by atoms with van der Waals surface area (Å²) < 4.78 is 0. The number of likely N-dealkylation sites (N-methyl/N-ethyl adjacent to an activating group) is 1. The maximum Gasteiger partial charge on any atom is 0.293 e. The number of nitro benzene ring substituents is 1. The highest BCUT2D eigenvalue weighted by atomic mass is 16.6. The quantitative estimate of drug-likeness (QED) is 0.590. The van der Waals surface area contributed by atoms with Gasteiger partial charge >= 0.3 is 0 Å². The van der Waals surface area contributed by atoms with Crippen LogP contribution in [0.1, 0.15) is 5.56 Å². The fraction of sp³-hybridized carbons (Fsp3) is 0.300. The van der Waals surface area contributed by atoms with Crippen molar-refractivity contribution in [3.05, 3.63) is 33.9 Å². The Labute approximate surface area is 92.8 Å². The highest BCUT2D eigenvalue weighted by molar-refractivity contribution is 5.94. The van der Waals surface area contributed by atoms with Gasteiger partial charge in [0.1, 0.15) is 5.69 Å². The van der Waals surface area contributed by atoms with Gasteiger partial charge < -0.3 is 10.6 Å². The fourth-order valence-corrected chi connectivity index (χ4v) is 1.25. The summed E-state index contributed by atoms with van der Waals surface area (Å²) >= 11 is 0. The molecule has 0 saturated heterocycles. The van der Waals surface area contributed by atoms with Gasteiger partial charge in [-0.2, -0.15) is 0 Å². The lowest BCUT2D eigenvalue weighted by Gasteiger charge is -2.06. The number of nitrogens with one attached hydrogen (secondary N) is 2. The minimum atomic E-state index is -0.512. The first-order valence-corrected chi connectivity index (χ1v) is 4.74. The van der Waals surface area contributed by atoms with Gasteiger partial charge in [-0.25, -0.2) is 0 Å². The largest absolute Gasteiger partial charge is 0.319 e. The van der Waals surface area contributed by atoms with Crippen LogP contribution in [0.5, 0.6) is 0 Å². The van der Waals surface area contributed by atoms with Gasteiger partial charge in [0.05, 0.1) is 11.5 Å². The highest BCUT2D eigenvalue weighted by Gasteiger charge is 2.15. The summed E-state index contributed by atoms with van der Waals surface area (Å²) in [5, 5.41) is 15.9. The second kappa shape index (κ2) is 5.22. The fourth-order valence-electron chi connectivity index (χ4n) is 1.25. The van der Waals surface area contributed by atoms with Gasteiger partial charge in [-0.05, 0) is 25.6 Å². The first-order chi connectivity index (χ1) is 7.54. The minimum Gasteiger partial charge on any atom is -0.319 e. The molecule has 0 aliphatic rings. The number of rotatable bonds is 4. The Bertz CT molecular complexity index is 418. The predicted molar refractivity (Wildman–Crippen MR) is 60.4 cm³/mol. The summed E-state index contributed by atoms with van der Waals surface area (Å²) in [4.78, 5) is 21.5. The van der Waals surface area contributed by atoms with E-state index in [4.69, 9.17) is 0 Å². The zero-order valence-corrected chi connectivity index (χ0v) is 9.11. The molecule has 0 atom stereocenters. The lowest BCUT2D eigenvalue weighted by Crippen LogP contribution is -2.25. The lowest BCUT2D eigenvalue weighted by molar-refractivity contribution is -0.384. The third kappa shape index (κ3) is 3.03. The Morgan fingerprint density at radius 3 is 2.75 bits per heavy atom. The zero-order chi connectivity index (χ0) is 12.1. The lowest BCUT2D eigenvalue weighted by atomic mass is 10.2. The molecule has 1 aromatic rings. The predicted octanol–water partition coefficient (Wildman–Crippen LogP) is 1.06. The number of hydrogen-bond acceptors (Lipinski definition) is 4. The summed E-state index contributed by atoms with van der Waals surface area (Å²) in [6, 6.07) is 4.66. The van der Waals surface area contributed by atoms with Crippen molar-refractivity contribution in [3.8, 4) is 0 Å². The molecule has 0 fully saturated rings. The van der Waals surface area contributed by atoms with Crippen molar-refractivity contribution in [1.82, 2.24) is 5.32 Å². The molecule has 86 valence electrons. The zero-order valence-electron chi connectivity index (χ0n) is 9.11. The molecular formula is C10H13N3O3. The van der Waals surface area contributed by atoms with Gasteiger partial charge in [0.25, 0.3) is 5.69 Å². The molecule has 0 spiro atoms. The Morgan fingerprint density at radius 2 is 2.19 bits per heavy atom. The van der Waals surface area contributed by atoms with Crippen LogP contribution in [0.3, 0.4) is 0 Å². The second-order valence-corrected chi connectivity index (χ2v) is 3.36. The maximum absolute atomic E-state index is 11.3. The van der Waals surface area contributed by atoms with E-state index in [1.165, 1.54) is 12.1 Å². The summed E-state index contributed by atoms with van der Waals surface area (Å²) in [5.41, 5.74) is 0.901. The van der Waals surface area contributed by atoms with Crippen molar-refractivity contribution in [2.75, 3.05) is 18.9 Å². The number of carbonyl (C=O) groups excluding carboxylic acids is 1. The van der Waals surface area contributed by atoms with Crippen LogP contribution in [-0.4, -0.2) is 24.4 Å². The van der Waals surface area contributed by atoms with Gasteiger partial charge in [-0.1, -0.05) is 6.07 Å². The standard InChI is InChI=1S/C10H13N3O3/c1-7-3-4-8(9(5-7)13(15)16)12-10(14)6-11-2/h3-5,11H,6H2,1-2H3,(H,12,14). The average molecular weight is 223 g/mol. The number of hydrogen-bond donors (Lipinski definition) is 2. The molecule has 1 aromatic carbocycles. The first kappa shape index (κ1) is 12.1. The van der Waals surface area contributed by atoms with E-state index in [0.717, 1.165) is 5.56 Å². The summed E-state index contributed by atoms with van der Waals surface area (Å²) in [5.74, 6) is -0.311. The van der Waals surface area contributed by atoms with Gasteiger partial charge in [0.2, 0.25) is 5.91 Å². The van der Waals surface area contributed by atoms with Gasteiger partial charge in [-0.15, -0.1) is 0 Å². The maximum atomic E-state index is 11.3. The number of aryl methyl sites for hydroxylation is 1. The summed E-state index contributed by atoms with van der Waals surface area (Å²) in [6.45, 7) is 1.87. The van der Waals surface area contributed by atoms with Crippen LogP contribution in [0.4, 0.5) is 11.4 Å². The van der Waals surface area contributed by atoms with E-state index in [9.17, 15) is 14.9 Å². The van der Waals surface area contributed by atoms with E-state index < -0.39 is 4.92 Å². The van der Waals surface area contributed by atoms with Crippen molar-refractivity contribution in [2.24, 2.45) is 0 Å². The van der Waals surface area contributed by atoms with Crippen LogP contribution in [0.2, 0.25) is 0 Å². The van der Waals surface area contributed by atoms with Crippen LogP contribution < -0.4 is 10.6 Å². The molecule has 0 unspecified atom stereocenters. The third-order valence-corrected chi connectivity index (χ3v) is 1.96. The molecule has 16 heavy (non-hydrogen) atoms. The molecule has 6 nitrogen and oxygen atoms in total. The van der Waals surface area contributed by atoms with Crippen molar-refractivity contribution in [1.29, 1.82) is 0 Å². The number of nitro groups is 1. The van der Waals surface area contributed by atoms with E-state index in [-0.39, 0.29) is 23.8 Å². The molecule has 0 saturated carbocycles. The average Bonchev–Trinajstić information content (AvgIpc) is 2.20. The van der Waals surface area contributed by atoms with E-state index in [1.54, 1.807) is 20.0 Å². The third-order valence-electron chi connectivity index (χ3n) is 1.96. The topological polar surface area (TPSA) is 84.3 Å². The van der Waals surface area contributed by atoms with E-state index in [1.807, 2.05) is 0 Å². The van der Waals surface area contributed by atoms with Crippen LogP contribution in [0.25, 0.3) is 0 Å². The smallest absolute Gasteiger partial charge is 0.293 e. The van der Waals surface area contributed by atoms with Gasteiger partial charge in [-0.3, -0.25) is 14.9 Å². The Balaban J connectivity index is 2.95. The molecule has 0 radical (unpaired) electrons. The number of benzene rings is 1. The molecule has 1 amide bonds. The number of amides is 1. The Kier molecular flexibility index (Phi) is 3.96. The molecule has 0 heterocycles. The Hall–Kier alpha value is -1.95. The molecule has 1 rings (SSSR count). The Morgan fingerprint density at radius 1 is 1.50 bits per heavy atom. The highest BCUT2D eigenvalue weighted by Crippen LogP contribution is 2.24. The van der Waals surface area contributed by atoms with E-state index in [2.05, 4.69) is 10.6 Å². The SMILES string of the molecule is CNCC(=O)Nc1ccc(C)cc1[N+](=O)[O-]. The molecule has 0 bridgehead atoms. The van der Waals surface area contributed by atoms with Crippen LogP contribution in [-0.2, 0) is 4.79 Å². The molecule has 2 N–H and O–H groups in total. The first-order valence-electron chi connectivity index (χ1n) is 4.74. The van der Waals surface area contributed by atoms with E-state index >= 15 is 0 Å². The normalized spacial score (nSPS) is 9.88. The summed E-state index contributed by atoms with van der Waals surface area (Å²) in [7, 11) is 1.63. The molecule has 6 heteroatoms. The van der Waals surface area contributed by atoms with Crippen molar-refractivity contribution in [3.63, 3.8) is 0 Å².